The van der Waals surface area contributed by atoms with Crippen molar-refractivity contribution < 1.29 is 8.42 Å². The van der Waals surface area contributed by atoms with Gasteiger partial charge in [0.1, 0.15) is 5.82 Å². The van der Waals surface area contributed by atoms with Gasteiger partial charge < -0.3 is 4.57 Å². The van der Waals surface area contributed by atoms with Crippen molar-refractivity contribution in [2.75, 3.05) is 11.5 Å². The van der Waals surface area contributed by atoms with Crippen molar-refractivity contribution in [1.82, 2.24) is 14.8 Å². The lowest BCUT2D eigenvalue weighted by Gasteiger charge is -2.07. The Labute approximate surface area is 118 Å². The molecule has 1 aromatic heterocycles. The van der Waals surface area contributed by atoms with Gasteiger partial charge in [-0.3, -0.25) is 0 Å². The van der Waals surface area contributed by atoms with Gasteiger partial charge in [0.25, 0.3) is 0 Å². The first-order chi connectivity index (χ1) is 9.59. The van der Waals surface area contributed by atoms with E-state index in [-0.39, 0.29) is 11.5 Å². The van der Waals surface area contributed by atoms with Gasteiger partial charge in [0.15, 0.2) is 15.7 Å². The summed E-state index contributed by atoms with van der Waals surface area (Å²) >= 11 is 0. The standard InChI is InChI=1S/C14H17N3O2S/c1-2-11-3-5-12(6-4-11)14-16-15-13-7-9-20(18,19)10-8-17(13)14/h3-6H,2,7-10H2,1H3. The predicted octanol–water partition coefficient (Wildman–Crippen LogP) is 1.48. The summed E-state index contributed by atoms with van der Waals surface area (Å²) in [5.74, 6) is 1.86. The van der Waals surface area contributed by atoms with Crippen molar-refractivity contribution in [3.63, 3.8) is 0 Å². The molecule has 0 aliphatic carbocycles. The van der Waals surface area contributed by atoms with Crippen LogP contribution in [0.1, 0.15) is 18.3 Å². The molecule has 0 fully saturated rings. The number of benzene rings is 1. The van der Waals surface area contributed by atoms with Crippen LogP contribution in [-0.4, -0.2) is 34.7 Å². The molecule has 1 aromatic carbocycles. The fourth-order valence-corrected chi connectivity index (χ4v) is 3.60. The van der Waals surface area contributed by atoms with Gasteiger partial charge in [-0.05, 0) is 12.0 Å². The van der Waals surface area contributed by atoms with E-state index >= 15 is 0 Å². The smallest absolute Gasteiger partial charge is 0.163 e. The predicted molar refractivity (Wildman–Crippen MR) is 77.2 cm³/mol. The number of nitrogens with zero attached hydrogens (tertiary/aromatic N) is 3. The van der Waals surface area contributed by atoms with Crippen LogP contribution in [0, 0.1) is 0 Å². The third-order valence-corrected chi connectivity index (χ3v) is 5.34. The maximum atomic E-state index is 11.7. The van der Waals surface area contributed by atoms with Crippen LogP contribution in [0.2, 0.25) is 0 Å². The Kier molecular flexibility index (Phi) is 3.33. The summed E-state index contributed by atoms with van der Waals surface area (Å²) in [5, 5.41) is 8.38. The summed E-state index contributed by atoms with van der Waals surface area (Å²) in [7, 11) is -2.96. The average molecular weight is 291 g/mol. The summed E-state index contributed by atoms with van der Waals surface area (Å²) in [6, 6.07) is 8.19. The van der Waals surface area contributed by atoms with Crippen molar-refractivity contribution in [2.24, 2.45) is 0 Å². The topological polar surface area (TPSA) is 64.8 Å². The van der Waals surface area contributed by atoms with Crippen molar-refractivity contribution in [2.45, 2.75) is 26.3 Å². The third-order valence-electron chi connectivity index (χ3n) is 3.71. The summed E-state index contributed by atoms with van der Waals surface area (Å²) in [6.45, 7) is 2.55. The molecule has 0 unspecified atom stereocenters. The second kappa shape index (κ2) is 5.01. The first kappa shape index (κ1) is 13.3. The van der Waals surface area contributed by atoms with Crippen LogP contribution in [0.25, 0.3) is 11.4 Å². The molecule has 0 atom stereocenters. The second-order valence-corrected chi connectivity index (χ2v) is 7.35. The number of aromatic nitrogens is 3. The number of aryl methyl sites for hydroxylation is 2. The fourth-order valence-electron chi connectivity index (χ4n) is 2.44. The van der Waals surface area contributed by atoms with Crippen molar-refractivity contribution >= 4 is 9.84 Å². The number of hydrogen-bond donors (Lipinski definition) is 0. The van der Waals surface area contributed by atoms with Crippen molar-refractivity contribution in [3.8, 4) is 11.4 Å². The molecule has 0 N–H and O–H groups in total. The van der Waals surface area contributed by atoms with Crippen LogP contribution in [0.5, 0.6) is 0 Å². The van der Waals surface area contributed by atoms with Gasteiger partial charge in [-0.2, -0.15) is 0 Å². The van der Waals surface area contributed by atoms with E-state index < -0.39 is 9.84 Å². The quantitative estimate of drug-likeness (QED) is 0.840. The van der Waals surface area contributed by atoms with Gasteiger partial charge in [-0.25, -0.2) is 8.42 Å². The molecule has 20 heavy (non-hydrogen) atoms. The molecule has 0 radical (unpaired) electrons. The Morgan fingerprint density at radius 2 is 1.90 bits per heavy atom. The number of sulfone groups is 1. The van der Waals surface area contributed by atoms with Crippen LogP contribution < -0.4 is 0 Å². The summed E-state index contributed by atoms with van der Waals surface area (Å²) in [4.78, 5) is 0. The highest BCUT2D eigenvalue weighted by Gasteiger charge is 2.22. The Morgan fingerprint density at radius 3 is 2.60 bits per heavy atom. The van der Waals surface area contributed by atoms with E-state index in [2.05, 4.69) is 29.3 Å². The van der Waals surface area contributed by atoms with Gasteiger partial charge in [-0.15, -0.1) is 10.2 Å². The van der Waals surface area contributed by atoms with Gasteiger partial charge in [0.05, 0.1) is 11.5 Å². The minimum atomic E-state index is -2.96. The lowest BCUT2D eigenvalue weighted by atomic mass is 10.1. The summed E-state index contributed by atoms with van der Waals surface area (Å²) < 4.78 is 25.3. The Bertz CT molecular complexity index is 717. The molecule has 6 heteroatoms. The molecular weight excluding hydrogens is 274 g/mol. The average Bonchev–Trinajstić information content (AvgIpc) is 2.80. The van der Waals surface area contributed by atoms with Gasteiger partial charge in [-0.1, -0.05) is 31.2 Å². The van der Waals surface area contributed by atoms with Crippen LogP contribution >= 0.6 is 0 Å². The van der Waals surface area contributed by atoms with Crippen LogP contribution in [0.15, 0.2) is 24.3 Å². The monoisotopic (exact) mass is 291 g/mol. The highest BCUT2D eigenvalue weighted by atomic mass is 32.2. The maximum Gasteiger partial charge on any atom is 0.163 e. The zero-order valence-corrected chi connectivity index (χ0v) is 12.2. The van der Waals surface area contributed by atoms with E-state index in [1.54, 1.807) is 0 Å². The third kappa shape index (κ3) is 2.47. The summed E-state index contributed by atoms with van der Waals surface area (Å²) in [6.07, 6.45) is 1.44. The van der Waals surface area contributed by atoms with Crippen LogP contribution in [0.4, 0.5) is 0 Å². The number of fused-ring (bicyclic) bond motifs is 1. The summed E-state index contributed by atoms with van der Waals surface area (Å²) in [5.41, 5.74) is 2.26. The number of hydrogen-bond acceptors (Lipinski definition) is 4. The molecule has 5 nitrogen and oxygen atoms in total. The molecule has 3 rings (SSSR count). The lowest BCUT2D eigenvalue weighted by Crippen LogP contribution is -2.12. The molecule has 0 amide bonds. The molecule has 0 saturated carbocycles. The number of rotatable bonds is 2. The second-order valence-electron chi connectivity index (χ2n) is 5.04. The maximum absolute atomic E-state index is 11.7. The Balaban J connectivity index is 1.98. The van der Waals surface area contributed by atoms with Gasteiger partial charge in [0.2, 0.25) is 0 Å². The van der Waals surface area contributed by atoms with E-state index in [1.165, 1.54) is 5.56 Å². The zero-order valence-electron chi connectivity index (χ0n) is 11.4. The molecular formula is C14H17N3O2S. The molecule has 106 valence electrons. The normalized spacial score (nSPS) is 17.4. The minimum absolute atomic E-state index is 0.165. The van der Waals surface area contributed by atoms with E-state index in [1.807, 2.05) is 16.7 Å². The highest BCUT2D eigenvalue weighted by molar-refractivity contribution is 7.91. The van der Waals surface area contributed by atoms with Gasteiger partial charge >= 0.3 is 0 Å². The van der Waals surface area contributed by atoms with Gasteiger partial charge in [0, 0.05) is 18.5 Å². The molecule has 2 aromatic rings. The highest BCUT2D eigenvalue weighted by Crippen LogP contribution is 2.21. The first-order valence-electron chi connectivity index (χ1n) is 6.81. The molecule has 0 bridgehead atoms. The molecule has 1 aliphatic heterocycles. The first-order valence-corrected chi connectivity index (χ1v) is 8.63. The minimum Gasteiger partial charge on any atom is -0.310 e. The van der Waals surface area contributed by atoms with Crippen molar-refractivity contribution in [1.29, 1.82) is 0 Å². The lowest BCUT2D eigenvalue weighted by molar-refractivity contribution is 0.593. The SMILES string of the molecule is CCc1ccc(-c2nnc3n2CCS(=O)(=O)CC3)cc1. The molecule has 0 spiro atoms. The van der Waals surface area contributed by atoms with Crippen LogP contribution in [0.3, 0.4) is 0 Å². The van der Waals surface area contributed by atoms with Crippen molar-refractivity contribution in [3.05, 3.63) is 35.7 Å². The molecule has 1 aliphatic rings. The van der Waals surface area contributed by atoms with Crippen LogP contribution in [-0.2, 0) is 29.2 Å². The van der Waals surface area contributed by atoms with E-state index in [4.69, 9.17) is 0 Å². The van der Waals surface area contributed by atoms with E-state index in [9.17, 15) is 8.42 Å². The molecule has 2 heterocycles. The largest absolute Gasteiger partial charge is 0.310 e. The fraction of sp³-hybridized carbons (Fsp3) is 0.429. The Hall–Kier alpha value is -1.69. The zero-order chi connectivity index (χ0) is 14.2. The molecule has 0 saturated heterocycles. The van der Waals surface area contributed by atoms with E-state index in [0.717, 1.165) is 23.6 Å². The Morgan fingerprint density at radius 1 is 1.15 bits per heavy atom. The van der Waals surface area contributed by atoms with E-state index in [0.29, 0.717) is 13.0 Å².